The van der Waals surface area contributed by atoms with Crippen molar-refractivity contribution in [3.63, 3.8) is 0 Å². The van der Waals surface area contributed by atoms with Crippen molar-refractivity contribution >= 4 is 22.8 Å². The van der Waals surface area contributed by atoms with E-state index in [-0.39, 0.29) is 0 Å². The molecule has 0 atom stereocenters. The van der Waals surface area contributed by atoms with E-state index >= 15 is 0 Å². The van der Waals surface area contributed by atoms with Crippen LogP contribution < -0.4 is 14.4 Å². The summed E-state index contributed by atoms with van der Waals surface area (Å²) in [5.41, 5.74) is 4.17. The van der Waals surface area contributed by atoms with Crippen LogP contribution in [0.5, 0.6) is 11.6 Å². The second-order valence-corrected chi connectivity index (χ2v) is 8.31. The van der Waals surface area contributed by atoms with E-state index in [9.17, 15) is 9.90 Å². The molecule has 0 radical (unpaired) electrons. The number of benzene rings is 1. The van der Waals surface area contributed by atoms with Gasteiger partial charge in [0.1, 0.15) is 11.1 Å². The highest BCUT2D eigenvalue weighted by atomic mass is 16.5. The number of hydrogen-bond donors (Lipinski definition) is 1. The largest absolute Gasteiger partial charge is 0.497 e. The van der Waals surface area contributed by atoms with Gasteiger partial charge in [0.2, 0.25) is 5.88 Å². The second kappa shape index (κ2) is 8.22. The van der Waals surface area contributed by atoms with Gasteiger partial charge in [0, 0.05) is 32.4 Å². The Morgan fingerprint density at radius 3 is 2.41 bits per heavy atom. The Labute approximate surface area is 186 Å². The first-order chi connectivity index (χ1) is 15.6. The summed E-state index contributed by atoms with van der Waals surface area (Å²) in [5, 5.41) is 15.0. The monoisotopic (exact) mass is 437 g/mol. The Hall–Kier alpha value is -3.49. The van der Waals surface area contributed by atoms with Gasteiger partial charge >= 0.3 is 6.09 Å². The Bertz CT molecular complexity index is 1130. The number of nitrogens with zero attached hydrogens (tertiary/aromatic N) is 5. The van der Waals surface area contributed by atoms with Crippen molar-refractivity contribution in [2.24, 2.45) is 0 Å². The van der Waals surface area contributed by atoms with Gasteiger partial charge in [0.15, 0.2) is 5.65 Å². The molecule has 32 heavy (non-hydrogen) atoms. The number of anilines is 1. The Kier molecular flexibility index (Phi) is 5.24. The van der Waals surface area contributed by atoms with Crippen LogP contribution in [0.2, 0.25) is 0 Å². The maximum absolute atomic E-state index is 11.4. The highest BCUT2D eigenvalue weighted by Gasteiger charge is 2.33. The van der Waals surface area contributed by atoms with Gasteiger partial charge in [0.25, 0.3) is 0 Å². The van der Waals surface area contributed by atoms with Crippen molar-refractivity contribution in [2.45, 2.75) is 25.3 Å². The molecule has 9 nitrogen and oxygen atoms in total. The summed E-state index contributed by atoms with van der Waals surface area (Å²) in [6, 6.07) is 7.90. The summed E-state index contributed by atoms with van der Waals surface area (Å²) >= 11 is 0. The standard InChI is InChI=1S/C23H27N5O4/c1-31-17-7-3-15(4-8-17)14-28-21-19(22(25-28)32-2)20(18(13-24-21)16-5-6-16)26-9-11-27(12-10-26)23(29)30/h3-4,7-8,13,16H,5-6,9-12,14H2,1-2H3,(H,29,30). The predicted molar refractivity (Wildman–Crippen MR) is 120 cm³/mol. The van der Waals surface area contributed by atoms with E-state index in [1.807, 2.05) is 35.1 Å². The van der Waals surface area contributed by atoms with Crippen LogP contribution in [0.15, 0.2) is 30.5 Å². The van der Waals surface area contributed by atoms with Gasteiger partial charge in [-0.2, -0.15) is 0 Å². The van der Waals surface area contributed by atoms with E-state index in [1.54, 1.807) is 14.2 Å². The third-order valence-electron chi connectivity index (χ3n) is 6.30. The lowest BCUT2D eigenvalue weighted by atomic mass is 10.1. The maximum Gasteiger partial charge on any atom is 0.407 e. The smallest absolute Gasteiger partial charge is 0.407 e. The highest BCUT2D eigenvalue weighted by Crippen LogP contribution is 2.48. The minimum atomic E-state index is -0.864. The van der Waals surface area contributed by atoms with Gasteiger partial charge in [-0.15, -0.1) is 5.10 Å². The van der Waals surface area contributed by atoms with E-state index in [1.165, 1.54) is 10.5 Å². The quantitative estimate of drug-likeness (QED) is 0.633. The van der Waals surface area contributed by atoms with E-state index in [2.05, 4.69) is 4.90 Å². The van der Waals surface area contributed by atoms with Crippen LogP contribution in [0.4, 0.5) is 10.5 Å². The second-order valence-electron chi connectivity index (χ2n) is 8.31. The van der Waals surface area contributed by atoms with Gasteiger partial charge in [-0.05, 0) is 42.0 Å². The van der Waals surface area contributed by atoms with Crippen molar-refractivity contribution < 1.29 is 19.4 Å². The summed E-state index contributed by atoms with van der Waals surface area (Å²) in [5.74, 6) is 1.86. The molecule has 1 aromatic carbocycles. The average Bonchev–Trinajstić information content (AvgIpc) is 3.61. The number of carbonyl (C=O) groups is 1. The zero-order valence-corrected chi connectivity index (χ0v) is 18.3. The number of hydrogen-bond acceptors (Lipinski definition) is 6. The van der Waals surface area contributed by atoms with Gasteiger partial charge in [-0.1, -0.05) is 12.1 Å². The number of carboxylic acid groups (broad SMARTS) is 1. The lowest BCUT2D eigenvalue weighted by molar-refractivity contribution is 0.142. The molecule has 2 fully saturated rings. The van der Waals surface area contributed by atoms with Crippen LogP contribution in [0, 0.1) is 0 Å². The van der Waals surface area contributed by atoms with Gasteiger partial charge < -0.3 is 24.4 Å². The summed E-state index contributed by atoms with van der Waals surface area (Å²) in [6.45, 7) is 2.79. The van der Waals surface area contributed by atoms with Gasteiger partial charge in [0.05, 0.1) is 26.5 Å². The molecule has 0 unspecified atom stereocenters. The Morgan fingerprint density at radius 2 is 1.81 bits per heavy atom. The van der Waals surface area contributed by atoms with Crippen molar-refractivity contribution in [3.05, 3.63) is 41.6 Å². The molecular formula is C23H27N5O4. The SMILES string of the molecule is COc1ccc(Cn2nc(OC)c3c(N4CCN(C(=O)O)CC4)c(C4CC4)cnc32)cc1. The Balaban J connectivity index is 1.55. The molecule has 1 aliphatic carbocycles. The van der Waals surface area contributed by atoms with Crippen molar-refractivity contribution in [1.29, 1.82) is 0 Å². The van der Waals surface area contributed by atoms with Crippen LogP contribution >= 0.6 is 0 Å². The minimum Gasteiger partial charge on any atom is -0.497 e. The molecule has 0 bridgehead atoms. The summed E-state index contributed by atoms with van der Waals surface area (Å²) in [4.78, 5) is 19.9. The molecule has 0 spiro atoms. The first-order valence-electron chi connectivity index (χ1n) is 10.9. The van der Waals surface area contributed by atoms with E-state index in [0.717, 1.165) is 40.9 Å². The van der Waals surface area contributed by atoms with Crippen molar-refractivity contribution in [3.8, 4) is 11.6 Å². The molecule has 2 aromatic heterocycles. The first-order valence-corrected chi connectivity index (χ1v) is 10.9. The normalized spacial score (nSPS) is 16.4. The first kappa shape index (κ1) is 20.4. The van der Waals surface area contributed by atoms with Crippen molar-refractivity contribution in [2.75, 3.05) is 45.3 Å². The fourth-order valence-corrected chi connectivity index (χ4v) is 4.42. The third kappa shape index (κ3) is 3.68. The van der Waals surface area contributed by atoms with E-state index < -0.39 is 6.09 Å². The molecule has 168 valence electrons. The number of pyridine rings is 1. The molecule has 1 saturated heterocycles. The highest BCUT2D eigenvalue weighted by molar-refractivity contribution is 5.96. The van der Waals surface area contributed by atoms with Crippen LogP contribution in [-0.2, 0) is 6.54 Å². The number of amides is 1. The van der Waals surface area contributed by atoms with Crippen LogP contribution in [-0.4, -0.2) is 71.3 Å². The minimum absolute atomic E-state index is 0.478. The number of methoxy groups -OCH3 is 2. The van der Waals surface area contributed by atoms with E-state index in [0.29, 0.717) is 44.5 Å². The molecule has 2 aliphatic rings. The van der Waals surface area contributed by atoms with E-state index in [4.69, 9.17) is 19.6 Å². The molecule has 3 aromatic rings. The average molecular weight is 438 g/mol. The van der Waals surface area contributed by atoms with Crippen LogP contribution in [0.25, 0.3) is 11.0 Å². The maximum atomic E-state index is 11.4. The van der Waals surface area contributed by atoms with Crippen molar-refractivity contribution in [1.82, 2.24) is 19.7 Å². The molecule has 1 N–H and O–H groups in total. The lowest BCUT2D eigenvalue weighted by Crippen LogP contribution is -2.48. The van der Waals surface area contributed by atoms with Gasteiger partial charge in [-0.25, -0.2) is 14.5 Å². The zero-order chi connectivity index (χ0) is 22.2. The number of fused-ring (bicyclic) bond motifs is 1. The summed E-state index contributed by atoms with van der Waals surface area (Å²) in [7, 11) is 3.29. The molecule has 1 aliphatic heterocycles. The number of rotatable bonds is 6. The molecule has 5 rings (SSSR count). The Morgan fingerprint density at radius 1 is 1.09 bits per heavy atom. The topological polar surface area (TPSA) is 93.0 Å². The molecule has 3 heterocycles. The van der Waals surface area contributed by atoms with Crippen LogP contribution in [0.1, 0.15) is 29.9 Å². The van der Waals surface area contributed by atoms with Gasteiger partial charge in [-0.3, -0.25) is 0 Å². The van der Waals surface area contributed by atoms with Crippen LogP contribution in [0.3, 0.4) is 0 Å². The third-order valence-corrected chi connectivity index (χ3v) is 6.30. The number of aromatic nitrogens is 3. The number of ether oxygens (including phenoxy) is 2. The fourth-order valence-electron chi connectivity index (χ4n) is 4.42. The summed E-state index contributed by atoms with van der Waals surface area (Å²) in [6.07, 6.45) is 3.41. The zero-order valence-electron chi connectivity index (χ0n) is 18.3. The predicted octanol–water partition coefficient (Wildman–Crippen LogP) is 3.17. The fraction of sp³-hybridized carbons (Fsp3) is 0.435. The molecule has 9 heteroatoms. The molecule has 1 saturated carbocycles. The molecule has 1 amide bonds. The molecular weight excluding hydrogens is 410 g/mol. The lowest BCUT2D eigenvalue weighted by Gasteiger charge is -2.36. The number of piperazine rings is 1. The summed E-state index contributed by atoms with van der Waals surface area (Å²) < 4.78 is 12.8.